The zero-order valence-corrected chi connectivity index (χ0v) is 19.3. The van der Waals surface area contributed by atoms with E-state index in [4.69, 9.17) is 16.7 Å². The molecule has 1 heteroatoms. The number of nitrogen functional groups attached to an aromatic ring is 1. The molecular formula is C30H37N. The van der Waals surface area contributed by atoms with Crippen molar-refractivity contribution in [1.82, 2.24) is 0 Å². The number of fused-ring (bicyclic) bond motifs is 1. The molecule has 0 unspecified atom stereocenters. The molecule has 1 nitrogen and oxygen atoms in total. The van der Waals surface area contributed by atoms with Crippen molar-refractivity contribution >= 4 is 5.69 Å². The van der Waals surface area contributed by atoms with Crippen molar-refractivity contribution in [3.8, 4) is 22.3 Å². The van der Waals surface area contributed by atoms with Crippen LogP contribution in [-0.4, -0.2) is 0 Å². The van der Waals surface area contributed by atoms with Gasteiger partial charge in [-0.1, -0.05) is 96.1 Å². The van der Waals surface area contributed by atoms with E-state index in [0.717, 1.165) is 11.1 Å². The topological polar surface area (TPSA) is 26.0 Å². The van der Waals surface area contributed by atoms with E-state index < -0.39 is 25.5 Å². The second-order valence-electron chi connectivity index (χ2n) is 10.3. The van der Waals surface area contributed by atoms with Crippen molar-refractivity contribution in [3.63, 3.8) is 0 Å². The summed E-state index contributed by atoms with van der Waals surface area (Å²) in [6.45, 7) is 13.0. The van der Waals surface area contributed by atoms with Gasteiger partial charge in [0.1, 0.15) is 0 Å². The maximum absolute atomic E-state index is 8.55. The highest BCUT2D eigenvalue weighted by Crippen LogP contribution is 2.39. The van der Waals surface area contributed by atoms with Crippen LogP contribution in [-0.2, 0) is 23.6 Å². The molecule has 3 aromatic carbocycles. The van der Waals surface area contributed by atoms with Crippen LogP contribution in [0.4, 0.5) is 5.69 Å². The molecule has 1 aliphatic rings. The van der Waals surface area contributed by atoms with Crippen LogP contribution in [0.3, 0.4) is 0 Å². The predicted molar refractivity (Wildman–Crippen MR) is 136 cm³/mol. The zero-order chi connectivity index (χ0) is 29.6. The molecule has 0 aliphatic heterocycles. The summed E-state index contributed by atoms with van der Waals surface area (Å²) in [6, 6.07) is 16.5. The highest BCUT2D eigenvalue weighted by Gasteiger charge is 2.22. The Hall–Kier alpha value is -2.54. The van der Waals surface area contributed by atoms with Crippen LogP contribution < -0.4 is 5.73 Å². The molecule has 3 aromatic rings. The summed E-state index contributed by atoms with van der Waals surface area (Å²) in [7, 11) is 0. The third-order valence-electron chi connectivity index (χ3n) is 5.87. The predicted octanol–water partition coefficient (Wildman–Crippen LogP) is 8.08. The van der Waals surface area contributed by atoms with Crippen LogP contribution >= 0.6 is 0 Å². The van der Waals surface area contributed by atoms with Crippen molar-refractivity contribution in [2.45, 2.75) is 77.9 Å². The van der Waals surface area contributed by atoms with Crippen molar-refractivity contribution < 1.29 is 11.0 Å². The lowest BCUT2D eigenvalue weighted by molar-refractivity contribution is 0.569. The fourth-order valence-electron chi connectivity index (χ4n) is 3.84. The number of anilines is 1. The summed E-state index contributed by atoms with van der Waals surface area (Å²) in [4.78, 5) is 0. The van der Waals surface area contributed by atoms with E-state index in [1.165, 1.54) is 23.3 Å². The van der Waals surface area contributed by atoms with Crippen LogP contribution in [0.5, 0.6) is 0 Å². The maximum Gasteiger partial charge on any atom is 0.0473 e. The van der Waals surface area contributed by atoms with Gasteiger partial charge in [0.05, 0.1) is 0 Å². The first-order valence-electron chi connectivity index (χ1n) is 14.8. The van der Waals surface area contributed by atoms with Crippen molar-refractivity contribution in [1.29, 1.82) is 0 Å². The Morgan fingerprint density at radius 1 is 0.677 bits per heavy atom. The number of para-hydroxylation sites is 1. The van der Waals surface area contributed by atoms with Crippen molar-refractivity contribution in [3.05, 3.63) is 76.9 Å². The molecule has 0 saturated carbocycles. The molecule has 0 saturated heterocycles. The average molecular weight is 420 g/mol. The largest absolute Gasteiger partial charge is 0.398 e. The fraction of sp³-hybridized carbons (Fsp3) is 0.400. The van der Waals surface area contributed by atoms with E-state index in [2.05, 4.69) is 59.7 Å². The molecule has 4 rings (SSSR count). The lowest BCUT2D eigenvalue weighted by Crippen LogP contribution is -2.16. The van der Waals surface area contributed by atoms with Crippen LogP contribution in [0.1, 0.15) is 87.5 Å². The quantitative estimate of drug-likeness (QED) is 0.417. The maximum atomic E-state index is 8.55. The molecule has 0 aromatic heterocycles. The Labute approximate surface area is 199 Å². The first kappa shape index (κ1) is 13.8. The Bertz CT molecular complexity index is 1410. The molecule has 0 bridgehead atoms. The molecule has 0 radical (unpaired) electrons. The van der Waals surface area contributed by atoms with E-state index in [-0.39, 0.29) is 22.0 Å². The normalized spacial score (nSPS) is 24.7. The SMILES string of the molecule is [2H]C1([2H])c2ccc(-c3cccc(-c4cc(C(C)(C)C)cc(C(C)(C)C)c4)c3N)cc2C([2H])([2H])C([2H])([2H])C1([2H])[2H]. The molecule has 0 spiro atoms. The first-order chi connectivity index (χ1) is 17.5. The number of nitrogens with two attached hydrogens (primary N) is 1. The summed E-state index contributed by atoms with van der Waals surface area (Å²) in [5.41, 5.74) is 11.9. The van der Waals surface area contributed by atoms with Crippen molar-refractivity contribution in [2.24, 2.45) is 0 Å². The van der Waals surface area contributed by atoms with E-state index in [9.17, 15) is 0 Å². The molecule has 0 atom stereocenters. The van der Waals surface area contributed by atoms with Crippen molar-refractivity contribution in [2.75, 3.05) is 5.73 Å². The molecule has 162 valence electrons. The van der Waals surface area contributed by atoms with Gasteiger partial charge in [0.25, 0.3) is 0 Å². The van der Waals surface area contributed by atoms with Gasteiger partial charge in [-0.15, -0.1) is 0 Å². The Morgan fingerprint density at radius 3 is 1.81 bits per heavy atom. The van der Waals surface area contributed by atoms with Crippen LogP contribution in [0.2, 0.25) is 0 Å². The van der Waals surface area contributed by atoms with Gasteiger partial charge in [-0.05, 0) is 69.7 Å². The molecular weight excluding hydrogens is 374 g/mol. The van der Waals surface area contributed by atoms with Gasteiger partial charge in [-0.2, -0.15) is 0 Å². The standard InChI is InChI=1S/C30H37N/c1-29(2,3)24-17-23(18-25(19-24)30(4,5)6)27-13-9-12-26(28(27)31)22-15-14-20-10-7-8-11-21(20)16-22/h9,12-19H,7-8,10-11,31H2,1-6H3/i7D2,8D2,10D2,11D2. The van der Waals surface area contributed by atoms with Gasteiger partial charge in [0, 0.05) is 27.8 Å². The molecule has 1 aliphatic carbocycles. The van der Waals surface area contributed by atoms with Gasteiger partial charge in [0.15, 0.2) is 0 Å². The highest BCUT2D eigenvalue weighted by atomic mass is 14.6. The van der Waals surface area contributed by atoms with Crippen LogP contribution in [0, 0.1) is 0 Å². The second kappa shape index (κ2) is 7.86. The van der Waals surface area contributed by atoms with Gasteiger partial charge >= 0.3 is 0 Å². The summed E-state index contributed by atoms with van der Waals surface area (Å²) in [5.74, 6) is 0. The number of hydrogen-bond acceptors (Lipinski definition) is 1. The van der Waals surface area contributed by atoms with E-state index >= 15 is 0 Å². The number of rotatable bonds is 2. The molecule has 2 N–H and O–H groups in total. The van der Waals surface area contributed by atoms with Gasteiger partial charge in [0.2, 0.25) is 0 Å². The van der Waals surface area contributed by atoms with E-state index in [1.54, 1.807) is 12.1 Å². The summed E-state index contributed by atoms with van der Waals surface area (Å²) >= 11 is 0. The average Bonchev–Trinajstić information content (AvgIpc) is 2.81. The Kier molecular flexibility index (Phi) is 3.49. The summed E-state index contributed by atoms with van der Waals surface area (Å²) in [6.07, 6.45) is -11.7. The van der Waals surface area contributed by atoms with Crippen LogP contribution in [0.25, 0.3) is 22.3 Å². The fourth-order valence-corrected chi connectivity index (χ4v) is 3.84. The monoisotopic (exact) mass is 419 g/mol. The Balaban J connectivity index is 1.94. The molecule has 31 heavy (non-hydrogen) atoms. The van der Waals surface area contributed by atoms with Gasteiger partial charge < -0.3 is 5.73 Å². The number of hydrogen-bond donors (Lipinski definition) is 1. The van der Waals surface area contributed by atoms with Gasteiger partial charge in [-0.3, -0.25) is 0 Å². The highest BCUT2D eigenvalue weighted by molar-refractivity contribution is 5.89. The lowest BCUT2D eigenvalue weighted by Gasteiger charge is -2.26. The molecule has 0 amide bonds. The van der Waals surface area contributed by atoms with E-state index in [1.807, 2.05) is 12.1 Å². The zero-order valence-electron chi connectivity index (χ0n) is 27.3. The van der Waals surface area contributed by atoms with E-state index in [0.29, 0.717) is 16.8 Å². The summed E-state index contributed by atoms with van der Waals surface area (Å²) in [5, 5.41) is 0. The third kappa shape index (κ3) is 4.42. The minimum atomic E-state index is -3.11. The minimum absolute atomic E-state index is 0.0879. The van der Waals surface area contributed by atoms with Crippen LogP contribution in [0.15, 0.2) is 54.6 Å². The first-order valence-corrected chi connectivity index (χ1v) is 10.8. The number of benzene rings is 3. The molecule has 0 fully saturated rings. The van der Waals surface area contributed by atoms with Gasteiger partial charge in [-0.25, -0.2) is 0 Å². The molecule has 0 heterocycles. The third-order valence-corrected chi connectivity index (χ3v) is 5.87. The second-order valence-corrected chi connectivity index (χ2v) is 10.3. The number of aryl methyl sites for hydroxylation is 2. The summed E-state index contributed by atoms with van der Waals surface area (Å²) < 4.78 is 66.8. The smallest absolute Gasteiger partial charge is 0.0473 e. The Morgan fingerprint density at radius 2 is 1.23 bits per heavy atom. The minimum Gasteiger partial charge on any atom is -0.398 e. The lowest BCUT2D eigenvalue weighted by atomic mass is 9.78.